The highest BCUT2D eigenvalue weighted by atomic mass is 19.3. The summed E-state index contributed by atoms with van der Waals surface area (Å²) in [5, 5.41) is 0. The number of benzene rings is 1. The van der Waals surface area contributed by atoms with Crippen LogP contribution in [0.4, 0.5) is 8.78 Å². The van der Waals surface area contributed by atoms with Crippen LogP contribution in [0.5, 0.6) is 5.75 Å². The molecule has 0 aliphatic heterocycles. The zero-order chi connectivity index (χ0) is 17.9. The van der Waals surface area contributed by atoms with E-state index in [1.165, 1.54) is 50.7 Å². The third-order valence-electron chi connectivity index (χ3n) is 4.11. The summed E-state index contributed by atoms with van der Waals surface area (Å²) in [6.45, 7) is -0.581. The molecule has 0 unspecified atom stereocenters. The molecule has 0 bridgehead atoms. The van der Waals surface area contributed by atoms with Gasteiger partial charge in [-0.1, -0.05) is 45.4 Å². The first-order valence-corrected chi connectivity index (χ1v) is 9.05. The molecule has 3 nitrogen and oxygen atoms in total. The van der Waals surface area contributed by atoms with Gasteiger partial charge in [-0.3, -0.25) is 0 Å². The second-order valence-corrected chi connectivity index (χ2v) is 6.19. The molecule has 0 aliphatic rings. The molecule has 2 aromatic rings. The minimum absolute atomic E-state index is 0.134. The first kappa shape index (κ1) is 19.3. The lowest BCUT2D eigenvalue weighted by Crippen LogP contribution is -2.01. The van der Waals surface area contributed by atoms with E-state index in [1.54, 1.807) is 12.1 Å². The minimum atomic E-state index is -2.81. The third-order valence-corrected chi connectivity index (χ3v) is 4.11. The summed E-state index contributed by atoms with van der Waals surface area (Å²) in [4.78, 5) is 8.76. The second-order valence-electron chi connectivity index (χ2n) is 6.19. The van der Waals surface area contributed by atoms with Crippen LogP contribution in [-0.2, 0) is 6.42 Å². The normalized spacial score (nSPS) is 11.0. The van der Waals surface area contributed by atoms with Crippen molar-refractivity contribution in [2.24, 2.45) is 0 Å². The van der Waals surface area contributed by atoms with E-state index >= 15 is 0 Å². The number of rotatable bonds is 11. The van der Waals surface area contributed by atoms with Gasteiger partial charge in [0.15, 0.2) is 5.82 Å². The molecular weight excluding hydrogens is 322 g/mol. The molecule has 0 amide bonds. The Hall–Kier alpha value is -2.04. The highest BCUT2D eigenvalue weighted by molar-refractivity contribution is 5.55. The first-order valence-electron chi connectivity index (χ1n) is 9.05. The van der Waals surface area contributed by atoms with E-state index < -0.39 is 6.61 Å². The fraction of sp³-hybridized carbons (Fsp3) is 0.500. The van der Waals surface area contributed by atoms with Crippen LogP contribution in [0.25, 0.3) is 11.4 Å². The number of alkyl halides is 2. The maximum Gasteiger partial charge on any atom is 0.387 e. The molecule has 1 heterocycles. The summed E-state index contributed by atoms with van der Waals surface area (Å²) in [6, 6.07) is 6.36. The van der Waals surface area contributed by atoms with E-state index in [2.05, 4.69) is 21.6 Å². The molecule has 136 valence electrons. The van der Waals surface area contributed by atoms with Gasteiger partial charge in [-0.05, 0) is 42.7 Å². The monoisotopic (exact) mass is 348 g/mol. The summed E-state index contributed by atoms with van der Waals surface area (Å²) >= 11 is 0. The van der Waals surface area contributed by atoms with E-state index in [-0.39, 0.29) is 5.75 Å². The maximum atomic E-state index is 12.1. The van der Waals surface area contributed by atoms with E-state index in [0.29, 0.717) is 5.82 Å². The Balaban J connectivity index is 1.77. The van der Waals surface area contributed by atoms with Crippen LogP contribution in [0.2, 0.25) is 0 Å². The van der Waals surface area contributed by atoms with Crippen LogP contribution in [0, 0.1) is 0 Å². The van der Waals surface area contributed by atoms with Gasteiger partial charge in [0.25, 0.3) is 0 Å². The van der Waals surface area contributed by atoms with Crippen LogP contribution in [0.15, 0.2) is 36.7 Å². The highest BCUT2D eigenvalue weighted by Gasteiger charge is 2.06. The summed E-state index contributed by atoms with van der Waals surface area (Å²) < 4.78 is 28.6. The summed E-state index contributed by atoms with van der Waals surface area (Å²) in [6.07, 6.45) is 13.7. The van der Waals surface area contributed by atoms with E-state index in [0.717, 1.165) is 24.0 Å². The molecule has 0 atom stereocenters. The second kappa shape index (κ2) is 10.7. The predicted octanol–water partition coefficient (Wildman–Crippen LogP) is 6.04. The minimum Gasteiger partial charge on any atom is -0.435 e. The van der Waals surface area contributed by atoms with Gasteiger partial charge in [-0.25, -0.2) is 9.97 Å². The molecule has 0 saturated carbocycles. The average molecular weight is 348 g/mol. The van der Waals surface area contributed by atoms with Crippen LogP contribution in [0.3, 0.4) is 0 Å². The van der Waals surface area contributed by atoms with Gasteiger partial charge in [0.2, 0.25) is 0 Å². The van der Waals surface area contributed by atoms with Crippen molar-refractivity contribution in [2.45, 2.75) is 64.9 Å². The maximum absolute atomic E-state index is 12.1. The summed E-state index contributed by atoms with van der Waals surface area (Å²) in [7, 11) is 0. The lowest BCUT2D eigenvalue weighted by Gasteiger charge is -2.06. The van der Waals surface area contributed by atoms with Gasteiger partial charge < -0.3 is 4.74 Å². The number of hydrogen-bond acceptors (Lipinski definition) is 3. The Morgan fingerprint density at radius 1 is 0.880 bits per heavy atom. The van der Waals surface area contributed by atoms with Crippen LogP contribution >= 0.6 is 0 Å². The van der Waals surface area contributed by atoms with Gasteiger partial charge in [0.05, 0.1) is 0 Å². The fourth-order valence-corrected chi connectivity index (χ4v) is 2.70. The van der Waals surface area contributed by atoms with E-state index in [4.69, 9.17) is 0 Å². The Morgan fingerprint density at radius 3 is 2.08 bits per heavy atom. The quantitative estimate of drug-likeness (QED) is 0.464. The Labute approximate surface area is 148 Å². The van der Waals surface area contributed by atoms with Gasteiger partial charge in [0.1, 0.15) is 5.75 Å². The molecule has 1 aromatic carbocycles. The first-order chi connectivity index (χ1) is 12.2. The number of halogens is 2. The van der Waals surface area contributed by atoms with Gasteiger partial charge in [0, 0.05) is 18.0 Å². The summed E-state index contributed by atoms with van der Waals surface area (Å²) in [5.41, 5.74) is 1.92. The van der Waals surface area contributed by atoms with Crippen molar-refractivity contribution in [2.75, 3.05) is 0 Å². The van der Waals surface area contributed by atoms with Crippen molar-refractivity contribution in [3.05, 3.63) is 42.2 Å². The molecule has 0 radical (unpaired) electrons. The molecule has 1 aromatic heterocycles. The molecule has 0 spiro atoms. The van der Waals surface area contributed by atoms with Gasteiger partial charge >= 0.3 is 6.61 Å². The average Bonchev–Trinajstić information content (AvgIpc) is 2.62. The number of aromatic nitrogens is 2. The molecule has 5 heteroatoms. The lowest BCUT2D eigenvalue weighted by atomic mass is 10.1. The van der Waals surface area contributed by atoms with Crippen molar-refractivity contribution in [3.8, 4) is 17.1 Å². The number of hydrogen-bond donors (Lipinski definition) is 0. The lowest BCUT2D eigenvalue weighted by molar-refractivity contribution is -0.0498. The van der Waals surface area contributed by atoms with Crippen LogP contribution in [-0.4, -0.2) is 16.6 Å². The predicted molar refractivity (Wildman–Crippen MR) is 95.8 cm³/mol. The number of nitrogens with zero attached hydrogens (tertiary/aromatic N) is 2. The van der Waals surface area contributed by atoms with Crippen molar-refractivity contribution in [1.29, 1.82) is 0 Å². The number of ether oxygens (including phenoxy) is 1. The standard InChI is InChI=1S/C20H26F2N2O/c1-2-3-4-5-6-7-8-9-16-14-23-19(24-15-16)17-10-12-18(13-11-17)25-20(21)22/h10-15,20H,2-9H2,1H3. The van der Waals surface area contributed by atoms with Gasteiger partial charge in [-0.2, -0.15) is 8.78 Å². The van der Waals surface area contributed by atoms with E-state index in [1.807, 2.05) is 12.4 Å². The van der Waals surface area contributed by atoms with Crippen molar-refractivity contribution < 1.29 is 13.5 Å². The fourth-order valence-electron chi connectivity index (χ4n) is 2.70. The molecule has 0 aliphatic carbocycles. The largest absolute Gasteiger partial charge is 0.435 e. The third kappa shape index (κ3) is 7.16. The van der Waals surface area contributed by atoms with Crippen molar-refractivity contribution in [1.82, 2.24) is 9.97 Å². The van der Waals surface area contributed by atoms with Crippen LogP contribution in [0.1, 0.15) is 57.4 Å². The molecule has 0 saturated heterocycles. The molecule has 2 rings (SSSR count). The topological polar surface area (TPSA) is 35.0 Å². The Kier molecular flexibility index (Phi) is 8.29. The molecule has 25 heavy (non-hydrogen) atoms. The van der Waals surface area contributed by atoms with Gasteiger partial charge in [-0.15, -0.1) is 0 Å². The Morgan fingerprint density at radius 2 is 1.48 bits per heavy atom. The molecular formula is C20H26F2N2O. The van der Waals surface area contributed by atoms with Crippen LogP contribution < -0.4 is 4.74 Å². The highest BCUT2D eigenvalue weighted by Crippen LogP contribution is 2.20. The van der Waals surface area contributed by atoms with Crippen molar-refractivity contribution in [3.63, 3.8) is 0 Å². The SMILES string of the molecule is CCCCCCCCCc1cnc(-c2ccc(OC(F)F)cc2)nc1. The van der Waals surface area contributed by atoms with Crippen molar-refractivity contribution >= 4 is 0 Å². The Bertz CT molecular complexity index is 600. The van der Waals surface area contributed by atoms with E-state index in [9.17, 15) is 8.78 Å². The number of aryl methyl sites for hydroxylation is 1. The smallest absolute Gasteiger partial charge is 0.387 e. The zero-order valence-corrected chi connectivity index (χ0v) is 14.8. The summed E-state index contributed by atoms with van der Waals surface area (Å²) in [5.74, 6) is 0.723. The molecule has 0 N–H and O–H groups in total. The number of unbranched alkanes of at least 4 members (excludes halogenated alkanes) is 6. The molecule has 0 fully saturated rings. The zero-order valence-electron chi connectivity index (χ0n) is 14.8.